The molecule has 1 amide bonds. The number of benzene rings is 1. The van der Waals surface area contributed by atoms with E-state index >= 15 is 0 Å². The van der Waals surface area contributed by atoms with Gasteiger partial charge in [-0.2, -0.15) is 0 Å². The lowest BCUT2D eigenvalue weighted by molar-refractivity contribution is -0.151. The zero-order valence-corrected chi connectivity index (χ0v) is 21.0. The van der Waals surface area contributed by atoms with Crippen molar-refractivity contribution in [1.29, 1.82) is 0 Å². The zero-order chi connectivity index (χ0) is 26.3. The summed E-state index contributed by atoms with van der Waals surface area (Å²) >= 11 is 0. The van der Waals surface area contributed by atoms with Crippen molar-refractivity contribution in [3.8, 4) is 17.2 Å². The lowest BCUT2D eigenvalue weighted by Gasteiger charge is -2.30. The summed E-state index contributed by atoms with van der Waals surface area (Å²) in [5, 5.41) is 12.1. The number of nitrogens with one attached hydrogen (secondary N) is 1. The number of aliphatic hydroxyl groups excluding tert-OH is 1. The van der Waals surface area contributed by atoms with E-state index < -0.39 is 36.1 Å². The zero-order valence-electron chi connectivity index (χ0n) is 21.0. The first-order chi connectivity index (χ1) is 16.5. The van der Waals surface area contributed by atoms with Gasteiger partial charge in [0.05, 0.1) is 14.2 Å². The average molecular weight is 493 g/mol. The maximum absolute atomic E-state index is 13.7. The van der Waals surface area contributed by atoms with Gasteiger partial charge in [0.2, 0.25) is 0 Å². The Hall–Kier alpha value is -3.40. The van der Waals surface area contributed by atoms with Crippen LogP contribution in [0.4, 0.5) is 4.39 Å². The van der Waals surface area contributed by atoms with Crippen LogP contribution >= 0.6 is 0 Å². The molecule has 4 atom stereocenters. The Labute approximate surface area is 204 Å². The molecule has 0 saturated carbocycles. The van der Waals surface area contributed by atoms with E-state index in [4.69, 9.17) is 18.9 Å². The molecule has 1 heterocycles. The van der Waals surface area contributed by atoms with Crippen LogP contribution in [0.5, 0.6) is 17.2 Å². The van der Waals surface area contributed by atoms with Gasteiger partial charge in [0.1, 0.15) is 23.7 Å². The highest BCUT2D eigenvalue weighted by atomic mass is 19.1. The Bertz CT molecular complexity index is 1030. The second kappa shape index (κ2) is 12.3. The number of aliphatic hydroxyl groups is 1. The molecular formula is C25H33FN2O7. The largest absolute Gasteiger partial charge is 0.496 e. The molecule has 0 aliphatic heterocycles. The molecule has 1 aromatic carbocycles. The van der Waals surface area contributed by atoms with E-state index in [0.717, 1.165) is 0 Å². The highest BCUT2D eigenvalue weighted by molar-refractivity contribution is 5.98. The quantitative estimate of drug-likeness (QED) is 0.362. The van der Waals surface area contributed by atoms with Crippen LogP contribution in [0, 0.1) is 11.7 Å². The number of carbonyl (C=O) groups is 2. The molecule has 0 saturated heterocycles. The number of carbonyl (C=O) groups excluding carboxylic acids is 2. The molecule has 0 radical (unpaired) electrons. The van der Waals surface area contributed by atoms with Crippen molar-refractivity contribution in [3.05, 3.63) is 47.5 Å². The smallest absolute Gasteiger partial charge is 0.328 e. The Morgan fingerprint density at radius 2 is 1.69 bits per heavy atom. The number of pyridine rings is 1. The number of halogens is 1. The van der Waals surface area contributed by atoms with E-state index in [1.807, 2.05) is 13.8 Å². The van der Waals surface area contributed by atoms with Crippen molar-refractivity contribution in [2.24, 2.45) is 5.92 Å². The summed E-state index contributed by atoms with van der Waals surface area (Å²) in [6, 6.07) is 4.69. The number of esters is 1. The number of hydrogen-bond donors (Lipinski definition) is 2. The summed E-state index contributed by atoms with van der Waals surface area (Å²) < 4.78 is 35.2. The molecule has 1 unspecified atom stereocenters. The number of ether oxygens (including phenoxy) is 4. The van der Waals surface area contributed by atoms with Crippen molar-refractivity contribution < 1.29 is 38.0 Å². The Kier molecular flexibility index (Phi) is 9.82. The van der Waals surface area contributed by atoms with Crippen molar-refractivity contribution in [2.75, 3.05) is 14.2 Å². The summed E-state index contributed by atoms with van der Waals surface area (Å²) in [5.74, 6) is -1.56. The van der Waals surface area contributed by atoms with Gasteiger partial charge in [0.15, 0.2) is 23.5 Å². The molecule has 0 fully saturated rings. The molecule has 0 aliphatic carbocycles. The second-order valence-corrected chi connectivity index (χ2v) is 8.40. The minimum absolute atomic E-state index is 0.0308. The second-order valence-electron chi connectivity index (χ2n) is 8.40. The molecule has 2 N–H and O–H groups in total. The van der Waals surface area contributed by atoms with Crippen LogP contribution in [0.2, 0.25) is 0 Å². The van der Waals surface area contributed by atoms with Gasteiger partial charge in [-0.25, -0.2) is 14.2 Å². The molecule has 0 spiro atoms. The van der Waals surface area contributed by atoms with Gasteiger partial charge in [-0.3, -0.25) is 4.79 Å². The SMILES string of the molecule is COc1cc(F)ccc1[C@H](C(C)C)[C@H](C)OC(=O)[C@H](C)NC(=O)c1nccc(OC)c1OC(C)O. The molecule has 2 aromatic rings. The topological polar surface area (TPSA) is 116 Å². The van der Waals surface area contributed by atoms with Gasteiger partial charge in [-0.15, -0.1) is 0 Å². The lowest BCUT2D eigenvalue weighted by Crippen LogP contribution is -2.42. The fraction of sp³-hybridized carbons (Fsp3) is 0.480. The fourth-order valence-electron chi connectivity index (χ4n) is 3.83. The summed E-state index contributed by atoms with van der Waals surface area (Å²) in [6.45, 7) is 8.50. The van der Waals surface area contributed by atoms with E-state index in [9.17, 15) is 19.1 Å². The van der Waals surface area contributed by atoms with Gasteiger partial charge >= 0.3 is 5.97 Å². The molecule has 0 bridgehead atoms. The fourth-order valence-corrected chi connectivity index (χ4v) is 3.83. The first-order valence-electron chi connectivity index (χ1n) is 11.2. The van der Waals surface area contributed by atoms with Gasteiger partial charge < -0.3 is 29.4 Å². The summed E-state index contributed by atoms with van der Waals surface area (Å²) in [6.07, 6.45) is -0.485. The predicted octanol–water partition coefficient (Wildman–Crippen LogP) is 3.44. The first-order valence-corrected chi connectivity index (χ1v) is 11.2. The van der Waals surface area contributed by atoms with Crippen LogP contribution in [0.25, 0.3) is 0 Å². The monoisotopic (exact) mass is 492 g/mol. The summed E-state index contributed by atoms with van der Waals surface area (Å²) in [7, 11) is 2.83. The highest BCUT2D eigenvalue weighted by Crippen LogP contribution is 2.36. The third-order valence-electron chi connectivity index (χ3n) is 5.37. The first kappa shape index (κ1) is 27.8. The maximum atomic E-state index is 13.7. The Balaban J connectivity index is 2.18. The van der Waals surface area contributed by atoms with E-state index in [0.29, 0.717) is 11.3 Å². The van der Waals surface area contributed by atoms with Gasteiger partial charge in [0.25, 0.3) is 5.91 Å². The predicted molar refractivity (Wildman–Crippen MR) is 126 cm³/mol. The van der Waals surface area contributed by atoms with Gasteiger partial charge in [0, 0.05) is 29.8 Å². The number of methoxy groups -OCH3 is 2. The Morgan fingerprint density at radius 1 is 1.03 bits per heavy atom. The summed E-state index contributed by atoms with van der Waals surface area (Å²) in [5.41, 5.74) is 0.551. The maximum Gasteiger partial charge on any atom is 0.328 e. The highest BCUT2D eigenvalue weighted by Gasteiger charge is 2.31. The molecule has 0 aliphatic rings. The molecule has 192 valence electrons. The Morgan fingerprint density at radius 3 is 2.26 bits per heavy atom. The average Bonchev–Trinajstić information content (AvgIpc) is 2.79. The van der Waals surface area contributed by atoms with Crippen molar-refractivity contribution >= 4 is 11.9 Å². The minimum atomic E-state index is -1.22. The number of rotatable bonds is 11. The van der Waals surface area contributed by atoms with Crippen LogP contribution in [-0.4, -0.2) is 54.6 Å². The van der Waals surface area contributed by atoms with Crippen molar-refractivity contribution in [3.63, 3.8) is 0 Å². The van der Waals surface area contributed by atoms with Gasteiger partial charge in [-0.05, 0) is 32.8 Å². The van der Waals surface area contributed by atoms with E-state index in [2.05, 4.69) is 10.3 Å². The van der Waals surface area contributed by atoms with Crippen LogP contribution < -0.4 is 19.5 Å². The number of nitrogens with zero attached hydrogens (tertiary/aromatic N) is 1. The van der Waals surface area contributed by atoms with Crippen LogP contribution in [-0.2, 0) is 9.53 Å². The number of amides is 1. The minimum Gasteiger partial charge on any atom is -0.496 e. The lowest BCUT2D eigenvalue weighted by atomic mass is 9.84. The molecule has 1 aromatic heterocycles. The van der Waals surface area contributed by atoms with Crippen LogP contribution in [0.15, 0.2) is 30.5 Å². The van der Waals surface area contributed by atoms with Crippen molar-refractivity contribution in [2.45, 2.75) is 59.0 Å². The number of hydrogen-bond acceptors (Lipinski definition) is 8. The van der Waals surface area contributed by atoms with E-state index in [1.165, 1.54) is 52.5 Å². The van der Waals surface area contributed by atoms with E-state index in [1.54, 1.807) is 13.0 Å². The van der Waals surface area contributed by atoms with Crippen LogP contribution in [0.1, 0.15) is 56.6 Å². The third-order valence-corrected chi connectivity index (χ3v) is 5.37. The molecule has 10 heteroatoms. The van der Waals surface area contributed by atoms with Crippen molar-refractivity contribution in [1.82, 2.24) is 10.3 Å². The normalized spacial score (nSPS) is 14.5. The van der Waals surface area contributed by atoms with E-state index in [-0.39, 0.29) is 29.0 Å². The summed E-state index contributed by atoms with van der Waals surface area (Å²) in [4.78, 5) is 29.7. The molecular weight excluding hydrogens is 459 g/mol. The molecule has 35 heavy (non-hydrogen) atoms. The standard InChI is InChI=1S/C25H33FN2O7/c1-13(2)21(18-9-8-17(26)12-20(18)33-7)15(4)34-25(31)14(3)28-24(30)22-23(35-16(5)29)19(32-6)10-11-27-22/h8-16,21,29H,1-7H3,(H,28,30)/t14-,15-,16?,21+/m0/s1. The third kappa shape index (κ3) is 7.05. The molecule has 9 nitrogen and oxygen atoms in total. The molecule has 2 rings (SSSR count). The number of aromatic nitrogens is 1. The van der Waals surface area contributed by atoms with Crippen LogP contribution in [0.3, 0.4) is 0 Å². The van der Waals surface area contributed by atoms with Gasteiger partial charge in [-0.1, -0.05) is 19.9 Å².